The molecule has 0 aromatic heterocycles. The molecule has 1 heterocycles. The number of hydrogen-bond acceptors (Lipinski definition) is 4. The lowest BCUT2D eigenvalue weighted by molar-refractivity contribution is 0.0788. The molecule has 16 heavy (non-hydrogen) atoms. The first-order valence-electron chi connectivity index (χ1n) is 6.26. The minimum absolute atomic E-state index is 0.119. The molecule has 1 fully saturated rings. The van der Waals surface area contributed by atoms with Crippen molar-refractivity contribution in [3.8, 4) is 0 Å². The van der Waals surface area contributed by atoms with E-state index in [4.69, 9.17) is 4.74 Å². The molecular weight excluding hydrogens is 220 g/mol. The summed E-state index contributed by atoms with van der Waals surface area (Å²) in [7, 11) is 0. The SMILES string of the molecule is CCOCCN1CCN(CC(C)(C)S)CC1. The van der Waals surface area contributed by atoms with Crippen LogP contribution in [0.5, 0.6) is 0 Å². The number of piperazine rings is 1. The Kier molecular flexibility index (Phi) is 6.11. The quantitative estimate of drug-likeness (QED) is 0.563. The molecule has 1 aliphatic heterocycles. The summed E-state index contributed by atoms with van der Waals surface area (Å²) in [5.74, 6) is 0. The molecule has 0 N–H and O–H groups in total. The third-order valence-corrected chi connectivity index (χ3v) is 2.97. The van der Waals surface area contributed by atoms with E-state index in [-0.39, 0.29) is 4.75 Å². The van der Waals surface area contributed by atoms with Crippen LogP contribution in [0.4, 0.5) is 0 Å². The van der Waals surface area contributed by atoms with Crippen LogP contribution >= 0.6 is 12.6 Å². The molecule has 0 radical (unpaired) electrons. The lowest BCUT2D eigenvalue weighted by Gasteiger charge is -2.37. The van der Waals surface area contributed by atoms with E-state index >= 15 is 0 Å². The molecule has 0 aromatic rings. The van der Waals surface area contributed by atoms with Crippen LogP contribution in [0.1, 0.15) is 20.8 Å². The molecule has 1 aliphatic rings. The average Bonchev–Trinajstić information content (AvgIpc) is 2.19. The zero-order valence-electron chi connectivity index (χ0n) is 10.9. The van der Waals surface area contributed by atoms with Crippen LogP contribution < -0.4 is 0 Å². The van der Waals surface area contributed by atoms with E-state index in [1.807, 2.05) is 6.92 Å². The fourth-order valence-corrected chi connectivity index (χ4v) is 2.26. The van der Waals surface area contributed by atoms with Gasteiger partial charge in [-0.1, -0.05) is 0 Å². The molecule has 0 aliphatic carbocycles. The van der Waals surface area contributed by atoms with Gasteiger partial charge in [0.25, 0.3) is 0 Å². The Morgan fingerprint density at radius 1 is 1.12 bits per heavy atom. The Bertz CT molecular complexity index is 186. The van der Waals surface area contributed by atoms with Gasteiger partial charge in [-0.3, -0.25) is 9.80 Å². The van der Waals surface area contributed by atoms with Crippen molar-refractivity contribution < 1.29 is 4.74 Å². The van der Waals surface area contributed by atoms with Gasteiger partial charge in [-0.15, -0.1) is 0 Å². The molecule has 0 bridgehead atoms. The van der Waals surface area contributed by atoms with E-state index in [9.17, 15) is 0 Å². The Labute approximate surface area is 106 Å². The summed E-state index contributed by atoms with van der Waals surface area (Å²) in [6.45, 7) is 14.9. The van der Waals surface area contributed by atoms with Crippen LogP contribution in [0, 0.1) is 0 Å². The predicted octanol–water partition coefficient (Wildman–Crippen LogP) is 1.35. The van der Waals surface area contributed by atoms with E-state index in [2.05, 4.69) is 36.3 Å². The summed E-state index contributed by atoms with van der Waals surface area (Å²) in [6.07, 6.45) is 0. The molecule has 0 saturated carbocycles. The van der Waals surface area contributed by atoms with Crippen LogP contribution in [0.25, 0.3) is 0 Å². The molecule has 4 heteroatoms. The van der Waals surface area contributed by atoms with Gasteiger partial charge in [-0.05, 0) is 20.8 Å². The van der Waals surface area contributed by atoms with Crippen LogP contribution in [-0.4, -0.2) is 67.0 Å². The molecule has 0 amide bonds. The highest BCUT2D eigenvalue weighted by Crippen LogP contribution is 2.15. The monoisotopic (exact) mass is 246 g/mol. The molecule has 1 rings (SSSR count). The Hall–Kier alpha value is 0.230. The van der Waals surface area contributed by atoms with Gasteiger partial charge in [0, 0.05) is 50.6 Å². The van der Waals surface area contributed by atoms with Crippen molar-refractivity contribution in [2.45, 2.75) is 25.5 Å². The smallest absolute Gasteiger partial charge is 0.0593 e. The van der Waals surface area contributed by atoms with E-state index in [0.717, 1.165) is 52.5 Å². The summed E-state index contributed by atoms with van der Waals surface area (Å²) < 4.78 is 5.49. The maximum Gasteiger partial charge on any atom is 0.0593 e. The highest BCUT2D eigenvalue weighted by atomic mass is 32.1. The van der Waals surface area contributed by atoms with Gasteiger partial charge in [0.15, 0.2) is 0 Å². The molecule has 1 saturated heterocycles. The lowest BCUT2D eigenvalue weighted by atomic mass is 10.1. The predicted molar refractivity (Wildman–Crippen MR) is 72.4 cm³/mol. The first kappa shape index (κ1) is 14.3. The van der Waals surface area contributed by atoms with Crippen LogP contribution in [0.2, 0.25) is 0 Å². The number of nitrogens with zero attached hydrogens (tertiary/aromatic N) is 2. The van der Waals surface area contributed by atoms with E-state index in [1.54, 1.807) is 0 Å². The van der Waals surface area contributed by atoms with Crippen molar-refractivity contribution in [2.75, 3.05) is 52.5 Å². The molecule has 3 nitrogen and oxygen atoms in total. The van der Waals surface area contributed by atoms with Gasteiger partial charge in [-0.25, -0.2) is 0 Å². The first-order chi connectivity index (χ1) is 7.51. The maximum absolute atomic E-state index is 5.38. The van der Waals surface area contributed by atoms with Crippen LogP contribution in [0.15, 0.2) is 0 Å². The fraction of sp³-hybridized carbons (Fsp3) is 1.00. The number of rotatable bonds is 6. The standard InChI is InChI=1S/C12H26N2OS/c1-4-15-10-9-13-5-7-14(8-6-13)11-12(2,3)16/h16H,4-11H2,1-3H3. The van der Waals surface area contributed by atoms with E-state index < -0.39 is 0 Å². The maximum atomic E-state index is 5.38. The van der Waals surface area contributed by atoms with Crippen LogP contribution in [-0.2, 0) is 4.74 Å². The molecule has 0 spiro atoms. The third-order valence-electron chi connectivity index (χ3n) is 2.83. The highest BCUT2D eigenvalue weighted by molar-refractivity contribution is 7.81. The summed E-state index contributed by atoms with van der Waals surface area (Å²) in [4.78, 5) is 4.99. The normalized spacial score (nSPS) is 20.2. The lowest BCUT2D eigenvalue weighted by Crippen LogP contribution is -2.50. The minimum atomic E-state index is 0.119. The molecule has 0 aromatic carbocycles. The van der Waals surface area contributed by atoms with Crippen molar-refractivity contribution in [1.82, 2.24) is 9.80 Å². The van der Waals surface area contributed by atoms with E-state index in [1.165, 1.54) is 0 Å². The summed E-state index contributed by atoms with van der Waals surface area (Å²) in [5, 5.41) is 0. The van der Waals surface area contributed by atoms with Crippen LogP contribution in [0.3, 0.4) is 0 Å². The molecular formula is C12H26N2OS. The summed E-state index contributed by atoms with van der Waals surface area (Å²) in [5.41, 5.74) is 0. The summed E-state index contributed by atoms with van der Waals surface area (Å²) in [6, 6.07) is 0. The van der Waals surface area contributed by atoms with Crippen molar-refractivity contribution in [1.29, 1.82) is 0 Å². The van der Waals surface area contributed by atoms with Crippen molar-refractivity contribution in [2.24, 2.45) is 0 Å². The van der Waals surface area contributed by atoms with Gasteiger partial charge in [-0.2, -0.15) is 12.6 Å². The Morgan fingerprint density at radius 3 is 2.19 bits per heavy atom. The Balaban J connectivity index is 2.13. The number of thiol groups is 1. The van der Waals surface area contributed by atoms with Gasteiger partial charge in [0.2, 0.25) is 0 Å². The van der Waals surface area contributed by atoms with Gasteiger partial charge in [0.05, 0.1) is 6.61 Å². The topological polar surface area (TPSA) is 15.7 Å². The zero-order chi connectivity index (χ0) is 12.0. The van der Waals surface area contributed by atoms with E-state index in [0.29, 0.717) is 0 Å². The second-order valence-electron chi connectivity index (χ2n) is 5.13. The fourth-order valence-electron chi connectivity index (χ4n) is 2.06. The molecule has 0 atom stereocenters. The molecule has 0 unspecified atom stereocenters. The minimum Gasteiger partial charge on any atom is -0.380 e. The zero-order valence-corrected chi connectivity index (χ0v) is 11.8. The Morgan fingerprint density at radius 2 is 1.69 bits per heavy atom. The van der Waals surface area contributed by atoms with Crippen molar-refractivity contribution in [3.63, 3.8) is 0 Å². The highest BCUT2D eigenvalue weighted by Gasteiger charge is 2.21. The second-order valence-corrected chi connectivity index (χ2v) is 6.34. The van der Waals surface area contributed by atoms with Gasteiger partial charge < -0.3 is 4.74 Å². The average molecular weight is 246 g/mol. The number of ether oxygens (including phenoxy) is 1. The summed E-state index contributed by atoms with van der Waals surface area (Å²) >= 11 is 4.58. The molecule has 96 valence electrons. The van der Waals surface area contributed by atoms with Gasteiger partial charge in [0.1, 0.15) is 0 Å². The third kappa shape index (κ3) is 6.09. The van der Waals surface area contributed by atoms with Crippen molar-refractivity contribution in [3.05, 3.63) is 0 Å². The first-order valence-corrected chi connectivity index (χ1v) is 6.71. The largest absolute Gasteiger partial charge is 0.380 e. The second kappa shape index (κ2) is 6.84. The van der Waals surface area contributed by atoms with Crippen molar-refractivity contribution >= 4 is 12.6 Å². The number of hydrogen-bond donors (Lipinski definition) is 1. The van der Waals surface area contributed by atoms with Gasteiger partial charge >= 0.3 is 0 Å².